The summed E-state index contributed by atoms with van der Waals surface area (Å²) >= 11 is 0. The monoisotopic (exact) mass is 430 g/mol. The van der Waals surface area contributed by atoms with Crippen molar-refractivity contribution in [2.75, 3.05) is 24.7 Å². The highest BCUT2D eigenvalue weighted by Crippen LogP contribution is 2.34. The molecule has 0 saturated heterocycles. The molecule has 1 saturated carbocycles. The summed E-state index contributed by atoms with van der Waals surface area (Å²) in [4.78, 5) is 23.6. The summed E-state index contributed by atoms with van der Waals surface area (Å²) in [7, 11) is -1.43. The SMILES string of the molecule is CCN(C)c1ncc(C(=O)NC(C=CS(C)(=O)=O)C2CC2)c(Oc2ccccc2)n1. The van der Waals surface area contributed by atoms with E-state index in [1.165, 1.54) is 12.3 Å². The van der Waals surface area contributed by atoms with Gasteiger partial charge in [-0.15, -0.1) is 0 Å². The van der Waals surface area contributed by atoms with Gasteiger partial charge in [0.25, 0.3) is 5.91 Å². The van der Waals surface area contributed by atoms with Gasteiger partial charge in [-0.1, -0.05) is 24.3 Å². The molecule has 0 aliphatic heterocycles. The largest absolute Gasteiger partial charge is 0.438 e. The van der Waals surface area contributed by atoms with Gasteiger partial charge < -0.3 is 15.0 Å². The lowest BCUT2D eigenvalue weighted by Gasteiger charge is -2.18. The lowest BCUT2D eigenvalue weighted by atomic mass is 10.1. The summed E-state index contributed by atoms with van der Waals surface area (Å²) in [6, 6.07) is 8.69. The van der Waals surface area contributed by atoms with Crippen molar-refractivity contribution in [1.82, 2.24) is 15.3 Å². The summed E-state index contributed by atoms with van der Waals surface area (Å²) in [5, 5.41) is 4.03. The maximum atomic E-state index is 13.0. The molecule has 1 fully saturated rings. The molecule has 1 N–H and O–H groups in total. The molecule has 1 atom stereocenters. The topological polar surface area (TPSA) is 101 Å². The van der Waals surface area contributed by atoms with Gasteiger partial charge in [-0.3, -0.25) is 4.79 Å². The standard InChI is InChI=1S/C21H26N4O4S/c1-4-25(2)21-22-14-17(20(24-21)29-16-8-6-5-7-9-16)19(26)23-18(15-10-11-15)12-13-30(3,27)28/h5-9,12-15,18H,4,10-11H2,1-3H3,(H,23,26). The van der Waals surface area contributed by atoms with Crippen LogP contribution in [0.3, 0.4) is 0 Å². The highest BCUT2D eigenvalue weighted by Gasteiger charge is 2.32. The predicted octanol–water partition coefficient (Wildman–Crippen LogP) is 2.79. The smallest absolute Gasteiger partial charge is 0.258 e. The molecule has 1 amide bonds. The summed E-state index contributed by atoms with van der Waals surface area (Å²) in [5.74, 6) is 0.936. The molecule has 1 aromatic heterocycles. The zero-order valence-corrected chi connectivity index (χ0v) is 18.1. The van der Waals surface area contributed by atoms with Crippen LogP contribution in [0.1, 0.15) is 30.1 Å². The number of nitrogens with one attached hydrogen (secondary N) is 1. The van der Waals surface area contributed by atoms with Crippen molar-refractivity contribution in [3.05, 3.63) is 53.6 Å². The second-order valence-electron chi connectivity index (χ2n) is 7.31. The van der Waals surface area contributed by atoms with Crippen LogP contribution in [0, 0.1) is 5.92 Å². The zero-order chi connectivity index (χ0) is 21.7. The van der Waals surface area contributed by atoms with Gasteiger partial charge in [0.1, 0.15) is 11.3 Å². The Hall–Kier alpha value is -2.94. The molecule has 9 heteroatoms. The first-order valence-corrected chi connectivity index (χ1v) is 11.7. The van der Waals surface area contributed by atoms with Gasteiger partial charge in [0.05, 0.1) is 6.04 Å². The average Bonchev–Trinajstić information content (AvgIpc) is 3.55. The van der Waals surface area contributed by atoms with Crippen LogP contribution in [0.25, 0.3) is 0 Å². The molecule has 1 aliphatic carbocycles. The number of hydrogen-bond acceptors (Lipinski definition) is 7. The van der Waals surface area contributed by atoms with E-state index in [2.05, 4.69) is 15.3 Å². The van der Waals surface area contributed by atoms with E-state index in [0.29, 0.717) is 18.2 Å². The first-order valence-electron chi connectivity index (χ1n) is 9.77. The van der Waals surface area contributed by atoms with Crippen LogP contribution in [0.5, 0.6) is 11.6 Å². The fourth-order valence-corrected chi connectivity index (χ4v) is 3.21. The molecule has 1 unspecified atom stereocenters. The fourth-order valence-electron chi connectivity index (χ4n) is 2.75. The molecule has 30 heavy (non-hydrogen) atoms. The fraction of sp³-hybridized carbons (Fsp3) is 0.381. The average molecular weight is 431 g/mol. The normalized spacial score (nSPS) is 15.0. The van der Waals surface area contributed by atoms with E-state index in [0.717, 1.165) is 24.5 Å². The molecule has 0 spiro atoms. The van der Waals surface area contributed by atoms with E-state index < -0.39 is 15.7 Å². The van der Waals surface area contributed by atoms with E-state index in [9.17, 15) is 13.2 Å². The van der Waals surface area contributed by atoms with Gasteiger partial charge >= 0.3 is 0 Å². The first kappa shape index (κ1) is 21.8. The van der Waals surface area contributed by atoms with Crippen molar-refractivity contribution in [2.24, 2.45) is 5.92 Å². The van der Waals surface area contributed by atoms with E-state index >= 15 is 0 Å². The number of nitrogens with zero attached hydrogens (tertiary/aromatic N) is 3. The molecule has 8 nitrogen and oxygen atoms in total. The highest BCUT2D eigenvalue weighted by atomic mass is 32.2. The third-order valence-corrected chi connectivity index (χ3v) is 5.37. The number of aromatic nitrogens is 2. The molecule has 0 bridgehead atoms. The third kappa shape index (κ3) is 6.03. The number of hydrogen-bond donors (Lipinski definition) is 1. The summed E-state index contributed by atoms with van der Waals surface area (Å²) < 4.78 is 28.8. The van der Waals surface area contributed by atoms with Crippen LogP contribution in [-0.4, -0.2) is 50.2 Å². The van der Waals surface area contributed by atoms with E-state index in [-0.39, 0.29) is 23.4 Å². The number of rotatable bonds is 9. The second kappa shape index (κ2) is 9.25. The molecule has 1 aliphatic rings. The van der Waals surface area contributed by atoms with E-state index in [4.69, 9.17) is 4.74 Å². The zero-order valence-electron chi connectivity index (χ0n) is 17.3. The first-order chi connectivity index (χ1) is 14.3. The number of ether oxygens (including phenoxy) is 1. The number of carbonyl (C=O) groups excluding carboxylic acids is 1. The van der Waals surface area contributed by atoms with Gasteiger partial charge in [0.15, 0.2) is 9.84 Å². The molecule has 1 aromatic carbocycles. The summed E-state index contributed by atoms with van der Waals surface area (Å²) in [6.07, 6.45) is 5.96. The maximum absolute atomic E-state index is 13.0. The van der Waals surface area contributed by atoms with Gasteiger partial charge in [-0.2, -0.15) is 4.98 Å². The minimum absolute atomic E-state index is 0.144. The summed E-state index contributed by atoms with van der Waals surface area (Å²) in [5.41, 5.74) is 0.186. The third-order valence-electron chi connectivity index (χ3n) is 4.72. The van der Waals surface area contributed by atoms with Crippen LogP contribution in [0.2, 0.25) is 0 Å². The van der Waals surface area contributed by atoms with Crippen molar-refractivity contribution in [1.29, 1.82) is 0 Å². The number of sulfone groups is 1. The molecule has 0 radical (unpaired) electrons. The molecular formula is C21H26N4O4S. The Labute approximate surface area is 176 Å². The lowest BCUT2D eigenvalue weighted by Crippen LogP contribution is -2.35. The minimum Gasteiger partial charge on any atom is -0.438 e. The summed E-state index contributed by atoms with van der Waals surface area (Å²) in [6.45, 7) is 2.66. The van der Waals surface area contributed by atoms with Crippen LogP contribution in [0.15, 0.2) is 48.0 Å². The number of amides is 1. The number of anilines is 1. The molecule has 160 valence electrons. The Morgan fingerprint density at radius 2 is 2.03 bits per heavy atom. The Balaban J connectivity index is 1.88. The maximum Gasteiger partial charge on any atom is 0.258 e. The lowest BCUT2D eigenvalue weighted by molar-refractivity contribution is 0.0937. The van der Waals surface area contributed by atoms with Crippen molar-refractivity contribution in [2.45, 2.75) is 25.8 Å². The number of para-hydroxylation sites is 1. The van der Waals surface area contributed by atoms with Gasteiger partial charge in [0, 0.05) is 31.5 Å². The number of carbonyl (C=O) groups is 1. The van der Waals surface area contributed by atoms with Gasteiger partial charge in [0.2, 0.25) is 11.8 Å². The van der Waals surface area contributed by atoms with Crippen LogP contribution in [0.4, 0.5) is 5.95 Å². The van der Waals surface area contributed by atoms with Crippen molar-refractivity contribution < 1.29 is 17.9 Å². The minimum atomic E-state index is -3.28. The Morgan fingerprint density at radius 3 is 2.63 bits per heavy atom. The Kier molecular flexibility index (Phi) is 6.71. The molecular weight excluding hydrogens is 404 g/mol. The predicted molar refractivity (Wildman–Crippen MR) is 115 cm³/mol. The molecule has 2 aromatic rings. The molecule has 3 rings (SSSR count). The van der Waals surface area contributed by atoms with Crippen LogP contribution in [-0.2, 0) is 9.84 Å². The Morgan fingerprint density at radius 1 is 1.33 bits per heavy atom. The van der Waals surface area contributed by atoms with Crippen molar-refractivity contribution in [3.8, 4) is 11.6 Å². The van der Waals surface area contributed by atoms with Gasteiger partial charge in [-0.05, 0) is 37.8 Å². The van der Waals surface area contributed by atoms with Crippen molar-refractivity contribution >= 4 is 21.7 Å². The number of benzene rings is 1. The van der Waals surface area contributed by atoms with Crippen molar-refractivity contribution in [3.63, 3.8) is 0 Å². The second-order valence-corrected chi connectivity index (χ2v) is 9.24. The van der Waals surface area contributed by atoms with Crippen LogP contribution >= 0.6 is 0 Å². The molecule has 1 heterocycles. The quantitative estimate of drug-likeness (QED) is 0.653. The highest BCUT2D eigenvalue weighted by molar-refractivity contribution is 7.93. The van der Waals surface area contributed by atoms with E-state index in [1.807, 2.05) is 37.1 Å². The van der Waals surface area contributed by atoms with Gasteiger partial charge in [-0.25, -0.2) is 13.4 Å². The van der Waals surface area contributed by atoms with E-state index in [1.54, 1.807) is 12.1 Å². The van der Waals surface area contributed by atoms with Crippen LogP contribution < -0.4 is 15.0 Å². The Bertz CT molecular complexity index is 1020.